The number of anilines is 1. The lowest BCUT2D eigenvalue weighted by molar-refractivity contribution is -0.159. The minimum Gasteiger partial charge on any atom is -0.373 e. The number of hydrogen-bond acceptors (Lipinski definition) is 3. The molecule has 0 atom stereocenters. The highest BCUT2D eigenvalue weighted by atomic mass is 35.5. The molecule has 1 heterocycles. The van der Waals surface area contributed by atoms with Crippen LogP contribution in [-0.4, -0.2) is 23.7 Å². The SMILES string of the molecule is Clc1cccc2ccc(NCCOC34CC5CC(CC(C5)C3)C4)nc12. The second-order valence-corrected chi connectivity index (χ2v) is 8.79. The first kappa shape index (κ1) is 15.9. The fraction of sp³-hybridized carbons (Fsp3) is 0.571. The molecule has 0 unspecified atom stereocenters. The first-order valence-electron chi connectivity index (χ1n) is 9.62. The van der Waals surface area contributed by atoms with Gasteiger partial charge in [-0.1, -0.05) is 23.7 Å². The number of benzene rings is 1. The van der Waals surface area contributed by atoms with Crippen molar-refractivity contribution >= 4 is 28.3 Å². The Hall–Kier alpha value is -1.32. The predicted molar refractivity (Wildman–Crippen MR) is 102 cm³/mol. The highest BCUT2D eigenvalue weighted by Gasteiger charge is 2.51. The molecule has 3 nitrogen and oxygen atoms in total. The molecule has 2 aromatic rings. The van der Waals surface area contributed by atoms with E-state index >= 15 is 0 Å². The topological polar surface area (TPSA) is 34.1 Å². The predicted octanol–water partition coefficient (Wildman–Crippen LogP) is 5.29. The molecular formula is C21H25ClN2O. The van der Waals surface area contributed by atoms with Gasteiger partial charge in [-0.15, -0.1) is 0 Å². The average molecular weight is 357 g/mol. The van der Waals surface area contributed by atoms with E-state index in [1.54, 1.807) is 0 Å². The zero-order chi connectivity index (χ0) is 16.9. The smallest absolute Gasteiger partial charge is 0.126 e. The van der Waals surface area contributed by atoms with Crippen LogP contribution in [0.15, 0.2) is 30.3 Å². The van der Waals surface area contributed by atoms with Crippen LogP contribution in [-0.2, 0) is 4.74 Å². The molecule has 0 saturated heterocycles. The van der Waals surface area contributed by atoms with Crippen molar-refractivity contribution in [3.63, 3.8) is 0 Å². The summed E-state index contributed by atoms with van der Waals surface area (Å²) in [6.45, 7) is 1.55. The van der Waals surface area contributed by atoms with E-state index in [0.29, 0.717) is 5.02 Å². The fourth-order valence-electron chi connectivity index (χ4n) is 5.86. The summed E-state index contributed by atoms with van der Waals surface area (Å²) in [7, 11) is 0. The molecule has 1 aromatic carbocycles. The van der Waals surface area contributed by atoms with E-state index in [0.717, 1.165) is 47.6 Å². The van der Waals surface area contributed by atoms with Gasteiger partial charge in [0.15, 0.2) is 0 Å². The number of para-hydroxylation sites is 1. The van der Waals surface area contributed by atoms with Crippen LogP contribution in [0.25, 0.3) is 10.9 Å². The van der Waals surface area contributed by atoms with Gasteiger partial charge in [-0.25, -0.2) is 4.98 Å². The molecule has 0 amide bonds. The Kier molecular flexibility index (Phi) is 3.90. The molecule has 132 valence electrons. The number of rotatable bonds is 5. The maximum atomic E-state index is 6.46. The van der Waals surface area contributed by atoms with E-state index in [1.165, 1.54) is 38.5 Å². The van der Waals surface area contributed by atoms with Crippen LogP contribution in [0.4, 0.5) is 5.82 Å². The third-order valence-corrected chi connectivity index (χ3v) is 6.77. The molecule has 4 fully saturated rings. The van der Waals surface area contributed by atoms with Gasteiger partial charge in [0.25, 0.3) is 0 Å². The molecule has 6 rings (SSSR count). The summed E-state index contributed by atoms with van der Waals surface area (Å²) in [6.07, 6.45) is 8.27. The van der Waals surface area contributed by atoms with Crippen LogP contribution in [0.3, 0.4) is 0 Å². The van der Waals surface area contributed by atoms with Gasteiger partial charge in [0.2, 0.25) is 0 Å². The molecule has 0 radical (unpaired) electrons. The molecule has 4 aliphatic rings. The molecule has 25 heavy (non-hydrogen) atoms. The lowest BCUT2D eigenvalue weighted by Crippen LogP contribution is -2.52. The summed E-state index contributed by atoms with van der Waals surface area (Å²) < 4.78 is 6.46. The van der Waals surface area contributed by atoms with E-state index < -0.39 is 0 Å². The molecule has 1 aromatic heterocycles. The van der Waals surface area contributed by atoms with Gasteiger partial charge < -0.3 is 10.1 Å². The number of ether oxygens (including phenoxy) is 1. The van der Waals surface area contributed by atoms with Crippen molar-refractivity contribution in [3.05, 3.63) is 35.4 Å². The Morgan fingerprint density at radius 2 is 1.76 bits per heavy atom. The van der Waals surface area contributed by atoms with Gasteiger partial charge in [0, 0.05) is 11.9 Å². The molecule has 1 N–H and O–H groups in total. The lowest BCUT2D eigenvalue weighted by atomic mass is 9.54. The highest BCUT2D eigenvalue weighted by molar-refractivity contribution is 6.35. The summed E-state index contributed by atoms with van der Waals surface area (Å²) in [6, 6.07) is 9.96. The maximum Gasteiger partial charge on any atom is 0.126 e. The number of nitrogens with zero attached hydrogens (tertiary/aromatic N) is 1. The van der Waals surface area contributed by atoms with Gasteiger partial charge in [-0.2, -0.15) is 0 Å². The summed E-state index contributed by atoms with van der Waals surface area (Å²) in [4.78, 5) is 4.64. The Morgan fingerprint density at radius 1 is 1.04 bits per heavy atom. The van der Waals surface area contributed by atoms with Crippen molar-refractivity contribution in [2.45, 2.75) is 44.1 Å². The largest absolute Gasteiger partial charge is 0.373 e. The van der Waals surface area contributed by atoms with E-state index in [2.05, 4.69) is 16.4 Å². The molecule has 4 saturated carbocycles. The molecule has 0 spiro atoms. The van der Waals surface area contributed by atoms with Gasteiger partial charge in [0.1, 0.15) is 5.82 Å². The van der Waals surface area contributed by atoms with Crippen molar-refractivity contribution in [1.29, 1.82) is 0 Å². The first-order chi connectivity index (χ1) is 12.2. The van der Waals surface area contributed by atoms with Crippen LogP contribution in [0.1, 0.15) is 38.5 Å². The minimum absolute atomic E-state index is 0.191. The number of pyridine rings is 1. The monoisotopic (exact) mass is 356 g/mol. The van der Waals surface area contributed by atoms with Crippen LogP contribution in [0.2, 0.25) is 5.02 Å². The molecule has 4 heteroatoms. The van der Waals surface area contributed by atoms with Crippen molar-refractivity contribution < 1.29 is 4.74 Å². The normalized spacial score (nSPS) is 33.1. The van der Waals surface area contributed by atoms with Gasteiger partial charge >= 0.3 is 0 Å². The van der Waals surface area contributed by atoms with Gasteiger partial charge in [-0.05, 0) is 74.5 Å². The number of aromatic nitrogens is 1. The Labute approximate surface area is 154 Å². The average Bonchev–Trinajstić information content (AvgIpc) is 2.58. The molecule has 4 aliphatic carbocycles. The third-order valence-electron chi connectivity index (χ3n) is 6.47. The summed E-state index contributed by atoms with van der Waals surface area (Å²) in [5, 5.41) is 5.17. The van der Waals surface area contributed by atoms with Crippen molar-refractivity contribution in [3.8, 4) is 0 Å². The minimum atomic E-state index is 0.191. The van der Waals surface area contributed by atoms with E-state index in [1.807, 2.05) is 24.3 Å². The van der Waals surface area contributed by atoms with Crippen molar-refractivity contribution in [2.24, 2.45) is 17.8 Å². The number of hydrogen-bond donors (Lipinski definition) is 1. The Morgan fingerprint density at radius 3 is 2.48 bits per heavy atom. The number of halogens is 1. The fourth-order valence-corrected chi connectivity index (χ4v) is 6.09. The van der Waals surface area contributed by atoms with Gasteiger partial charge in [0.05, 0.1) is 22.7 Å². The maximum absolute atomic E-state index is 6.46. The Bertz CT molecular complexity index is 755. The molecule has 4 bridgehead atoms. The van der Waals surface area contributed by atoms with E-state index in [4.69, 9.17) is 16.3 Å². The zero-order valence-electron chi connectivity index (χ0n) is 14.5. The Balaban J connectivity index is 1.20. The summed E-state index contributed by atoms with van der Waals surface area (Å²) >= 11 is 6.25. The second kappa shape index (κ2) is 6.14. The van der Waals surface area contributed by atoms with Crippen LogP contribution < -0.4 is 5.32 Å². The number of nitrogens with one attached hydrogen (secondary N) is 1. The first-order valence-corrected chi connectivity index (χ1v) is 10.0. The molecule has 0 aliphatic heterocycles. The van der Waals surface area contributed by atoms with Gasteiger partial charge in [-0.3, -0.25) is 0 Å². The van der Waals surface area contributed by atoms with Crippen molar-refractivity contribution in [1.82, 2.24) is 4.98 Å². The van der Waals surface area contributed by atoms with E-state index in [-0.39, 0.29) is 5.60 Å². The van der Waals surface area contributed by atoms with Crippen molar-refractivity contribution in [2.75, 3.05) is 18.5 Å². The summed E-state index contributed by atoms with van der Waals surface area (Å²) in [5.74, 6) is 3.67. The van der Waals surface area contributed by atoms with E-state index in [9.17, 15) is 0 Å². The third kappa shape index (κ3) is 3.02. The van der Waals surface area contributed by atoms with Crippen LogP contribution in [0, 0.1) is 17.8 Å². The second-order valence-electron chi connectivity index (χ2n) is 8.38. The summed E-state index contributed by atoms with van der Waals surface area (Å²) in [5.41, 5.74) is 1.05. The standard InChI is InChI=1S/C21H25ClN2O/c22-18-3-1-2-17-4-5-19(24-20(17)18)23-6-7-25-21-11-14-8-15(12-21)10-16(9-14)13-21/h1-5,14-16H,6-13H2,(H,23,24). The van der Waals surface area contributed by atoms with Crippen LogP contribution >= 0.6 is 11.6 Å². The highest BCUT2D eigenvalue weighted by Crippen LogP contribution is 2.57. The lowest BCUT2D eigenvalue weighted by Gasteiger charge is -2.56. The zero-order valence-corrected chi connectivity index (χ0v) is 15.3. The number of fused-ring (bicyclic) bond motifs is 1. The molecular weight excluding hydrogens is 332 g/mol. The van der Waals surface area contributed by atoms with Crippen LogP contribution in [0.5, 0.6) is 0 Å². The quantitative estimate of drug-likeness (QED) is 0.739.